The molecule has 7 nitrogen and oxygen atoms in total. The Hall–Kier alpha value is -2.96. The van der Waals surface area contributed by atoms with Crippen LogP contribution in [0.2, 0.25) is 0 Å². The molecule has 23 heavy (non-hydrogen) atoms. The summed E-state index contributed by atoms with van der Waals surface area (Å²) in [5.74, 6) is 2.82. The Morgan fingerprint density at radius 3 is 2.48 bits per heavy atom. The number of aromatic nitrogens is 4. The standard InChI is InChI=1S/C16H17N5O2/c1-21(9-14-17-5-4-6-18-14)16-12-7-11(22-2)8-13(23-3)15(12)19-10-20-16/h4-8,10H,9H2,1-3H3. The van der Waals surface area contributed by atoms with Gasteiger partial charge in [0.1, 0.15) is 35.0 Å². The Kier molecular flexibility index (Phi) is 4.18. The molecule has 2 heterocycles. The van der Waals surface area contributed by atoms with Gasteiger partial charge in [0, 0.05) is 25.5 Å². The van der Waals surface area contributed by atoms with E-state index in [4.69, 9.17) is 9.47 Å². The van der Waals surface area contributed by atoms with Gasteiger partial charge in [-0.15, -0.1) is 0 Å². The molecule has 2 aromatic heterocycles. The van der Waals surface area contributed by atoms with Gasteiger partial charge in [0.05, 0.1) is 26.2 Å². The number of ether oxygens (including phenoxy) is 2. The molecule has 0 radical (unpaired) electrons. The fourth-order valence-corrected chi connectivity index (χ4v) is 2.37. The van der Waals surface area contributed by atoms with Crippen molar-refractivity contribution in [3.63, 3.8) is 0 Å². The highest BCUT2D eigenvalue weighted by Crippen LogP contribution is 2.33. The molecule has 3 aromatic rings. The summed E-state index contributed by atoms with van der Waals surface area (Å²) in [6.07, 6.45) is 4.97. The lowest BCUT2D eigenvalue weighted by molar-refractivity contribution is 0.397. The Morgan fingerprint density at radius 2 is 1.78 bits per heavy atom. The van der Waals surface area contributed by atoms with Crippen molar-refractivity contribution in [2.75, 3.05) is 26.2 Å². The molecule has 0 amide bonds. The summed E-state index contributed by atoms with van der Waals surface area (Å²) in [5.41, 5.74) is 0.735. The minimum atomic E-state index is 0.534. The van der Waals surface area contributed by atoms with Crippen molar-refractivity contribution in [1.29, 1.82) is 0 Å². The van der Waals surface area contributed by atoms with Crippen molar-refractivity contribution in [3.8, 4) is 11.5 Å². The summed E-state index contributed by atoms with van der Waals surface area (Å²) in [6.45, 7) is 0.534. The fourth-order valence-electron chi connectivity index (χ4n) is 2.37. The normalized spacial score (nSPS) is 10.6. The summed E-state index contributed by atoms with van der Waals surface area (Å²) < 4.78 is 10.7. The topological polar surface area (TPSA) is 73.3 Å². The lowest BCUT2D eigenvalue weighted by atomic mass is 10.2. The molecule has 0 spiro atoms. The number of benzene rings is 1. The van der Waals surface area contributed by atoms with Crippen LogP contribution in [0, 0.1) is 0 Å². The first-order chi connectivity index (χ1) is 11.2. The summed E-state index contributed by atoms with van der Waals surface area (Å²) in [7, 11) is 5.16. The Morgan fingerprint density at radius 1 is 1.00 bits per heavy atom. The molecule has 0 saturated heterocycles. The molecule has 118 valence electrons. The van der Waals surface area contributed by atoms with Gasteiger partial charge in [0.25, 0.3) is 0 Å². The molecular weight excluding hydrogens is 294 g/mol. The third-order valence-corrected chi connectivity index (χ3v) is 3.47. The van der Waals surface area contributed by atoms with Gasteiger partial charge in [-0.2, -0.15) is 0 Å². The first kappa shape index (κ1) is 15.0. The van der Waals surface area contributed by atoms with Crippen LogP contribution < -0.4 is 14.4 Å². The third-order valence-electron chi connectivity index (χ3n) is 3.47. The molecule has 0 N–H and O–H groups in total. The average molecular weight is 311 g/mol. The molecule has 0 bridgehead atoms. The van der Waals surface area contributed by atoms with Gasteiger partial charge in [-0.05, 0) is 12.1 Å². The van der Waals surface area contributed by atoms with Gasteiger partial charge in [0.2, 0.25) is 0 Å². The number of methoxy groups -OCH3 is 2. The zero-order chi connectivity index (χ0) is 16.2. The zero-order valence-electron chi connectivity index (χ0n) is 13.2. The highest BCUT2D eigenvalue weighted by Gasteiger charge is 2.14. The van der Waals surface area contributed by atoms with Gasteiger partial charge < -0.3 is 14.4 Å². The molecule has 7 heteroatoms. The van der Waals surface area contributed by atoms with Gasteiger partial charge in [-0.25, -0.2) is 19.9 Å². The SMILES string of the molecule is COc1cc(OC)c2ncnc(N(C)Cc3ncccn3)c2c1. The van der Waals surface area contributed by atoms with E-state index in [0.717, 1.165) is 22.5 Å². The van der Waals surface area contributed by atoms with E-state index in [1.807, 2.05) is 18.0 Å². The maximum atomic E-state index is 5.41. The molecular formula is C16H17N5O2. The van der Waals surface area contributed by atoms with Crippen LogP contribution in [-0.2, 0) is 6.54 Å². The van der Waals surface area contributed by atoms with Crippen LogP contribution in [-0.4, -0.2) is 41.2 Å². The van der Waals surface area contributed by atoms with Gasteiger partial charge in [-0.3, -0.25) is 0 Å². The Bertz CT molecular complexity index is 810. The molecule has 0 aliphatic rings. The average Bonchev–Trinajstić information content (AvgIpc) is 2.60. The van der Waals surface area contributed by atoms with Crippen LogP contribution in [0.3, 0.4) is 0 Å². The number of fused-ring (bicyclic) bond motifs is 1. The van der Waals surface area contributed by atoms with Crippen molar-refractivity contribution in [2.45, 2.75) is 6.54 Å². The molecule has 0 aliphatic carbocycles. The molecule has 3 rings (SSSR count). The van der Waals surface area contributed by atoms with E-state index in [1.54, 1.807) is 38.7 Å². The lowest BCUT2D eigenvalue weighted by Crippen LogP contribution is -2.19. The number of anilines is 1. The number of hydrogen-bond acceptors (Lipinski definition) is 7. The van der Waals surface area contributed by atoms with Crippen LogP contribution >= 0.6 is 0 Å². The van der Waals surface area contributed by atoms with E-state index >= 15 is 0 Å². The van der Waals surface area contributed by atoms with Crippen molar-refractivity contribution in [2.24, 2.45) is 0 Å². The first-order valence-corrected chi connectivity index (χ1v) is 7.06. The van der Waals surface area contributed by atoms with Gasteiger partial charge >= 0.3 is 0 Å². The third kappa shape index (κ3) is 2.98. The predicted molar refractivity (Wildman–Crippen MR) is 86.8 cm³/mol. The van der Waals surface area contributed by atoms with E-state index in [0.29, 0.717) is 18.0 Å². The fraction of sp³-hybridized carbons (Fsp3) is 0.250. The highest BCUT2D eigenvalue weighted by atomic mass is 16.5. The quantitative estimate of drug-likeness (QED) is 0.714. The predicted octanol–water partition coefficient (Wildman–Crippen LogP) is 2.07. The Labute approximate surface area is 133 Å². The minimum absolute atomic E-state index is 0.534. The van der Waals surface area contributed by atoms with Crippen LogP contribution in [0.15, 0.2) is 36.9 Å². The van der Waals surface area contributed by atoms with E-state index in [-0.39, 0.29) is 0 Å². The van der Waals surface area contributed by atoms with Gasteiger partial charge in [-0.1, -0.05) is 0 Å². The van der Waals surface area contributed by atoms with Crippen molar-refractivity contribution < 1.29 is 9.47 Å². The monoisotopic (exact) mass is 311 g/mol. The summed E-state index contributed by atoms with van der Waals surface area (Å²) in [5, 5.41) is 0.849. The largest absolute Gasteiger partial charge is 0.497 e. The van der Waals surface area contributed by atoms with Crippen LogP contribution in [0.5, 0.6) is 11.5 Å². The van der Waals surface area contributed by atoms with E-state index < -0.39 is 0 Å². The number of nitrogens with zero attached hydrogens (tertiary/aromatic N) is 5. The maximum Gasteiger partial charge on any atom is 0.148 e. The highest BCUT2D eigenvalue weighted by molar-refractivity contribution is 5.94. The summed E-state index contributed by atoms with van der Waals surface area (Å²) in [6, 6.07) is 5.49. The molecule has 0 saturated carbocycles. The van der Waals surface area contributed by atoms with Crippen molar-refractivity contribution >= 4 is 16.7 Å². The first-order valence-electron chi connectivity index (χ1n) is 7.06. The van der Waals surface area contributed by atoms with Gasteiger partial charge in [0.15, 0.2) is 0 Å². The molecule has 0 aliphatic heterocycles. The number of rotatable bonds is 5. The van der Waals surface area contributed by atoms with Crippen molar-refractivity contribution in [3.05, 3.63) is 42.7 Å². The lowest BCUT2D eigenvalue weighted by Gasteiger charge is -2.19. The second-order valence-corrected chi connectivity index (χ2v) is 4.94. The molecule has 0 fully saturated rings. The van der Waals surface area contributed by atoms with Crippen molar-refractivity contribution in [1.82, 2.24) is 19.9 Å². The minimum Gasteiger partial charge on any atom is -0.497 e. The second kappa shape index (κ2) is 6.43. The van der Waals surface area contributed by atoms with Crippen LogP contribution in [0.1, 0.15) is 5.82 Å². The molecule has 1 aromatic carbocycles. The summed E-state index contributed by atoms with van der Waals surface area (Å²) in [4.78, 5) is 19.2. The summed E-state index contributed by atoms with van der Waals surface area (Å²) >= 11 is 0. The van der Waals surface area contributed by atoms with Crippen LogP contribution in [0.25, 0.3) is 10.9 Å². The molecule has 0 atom stereocenters. The number of hydrogen-bond donors (Lipinski definition) is 0. The van der Waals surface area contributed by atoms with E-state index in [9.17, 15) is 0 Å². The van der Waals surface area contributed by atoms with E-state index in [1.165, 1.54) is 6.33 Å². The zero-order valence-corrected chi connectivity index (χ0v) is 13.2. The maximum absolute atomic E-state index is 5.41. The molecule has 0 unspecified atom stereocenters. The Balaban J connectivity index is 2.06. The second-order valence-electron chi connectivity index (χ2n) is 4.94. The van der Waals surface area contributed by atoms with Crippen LogP contribution in [0.4, 0.5) is 5.82 Å². The smallest absolute Gasteiger partial charge is 0.148 e. The van der Waals surface area contributed by atoms with E-state index in [2.05, 4.69) is 19.9 Å².